The summed E-state index contributed by atoms with van der Waals surface area (Å²) in [6.07, 6.45) is 3.33. The third-order valence-electron chi connectivity index (χ3n) is 3.32. The number of nitrogens with one attached hydrogen (secondary N) is 1. The summed E-state index contributed by atoms with van der Waals surface area (Å²) in [6, 6.07) is 0. The number of carbonyl (C=O) groups excluding carboxylic acids is 1. The highest BCUT2D eigenvalue weighted by molar-refractivity contribution is 5.78. The summed E-state index contributed by atoms with van der Waals surface area (Å²) >= 11 is 0. The Labute approximate surface area is 107 Å². The van der Waals surface area contributed by atoms with Crippen molar-refractivity contribution in [1.29, 1.82) is 0 Å². The van der Waals surface area contributed by atoms with Gasteiger partial charge in [-0.1, -0.05) is 33.6 Å². The van der Waals surface area contributed by atoms with Crippen LogP contribution in [-0.4, -0.2) is 44.6 Å². The third kappa shape index (κ3) is 8.19. The van der Waals surface area contributed by atoms with Crippen molar-refractivity contribution < 1.29 is 9.28 Å². The molecule has 0 bridgehead atoms. The van der Waals surface area contributed by atoms with Crippen molar-refractivity contribution in [3.05, 3.63) is 0 Å². The van der Waals surface area contributed by atoms with Crippen LogP contribution in [0.5, 0.6) is 0 Å². The molecule has 0 aliphatic carbocycles. The average Bonchev–Trinajstić information content (AvgIpc) is 2.22. The van der Waals surface area contributed by atoms with Gasteiger partial charge in [-0.05, 0) is 5.92 Å². The largest absolute Gasteiger partial charge is 0.356 e. The molecule has 0 heterocycles. The van der Waals surface area contributed by atoms with Crippen LogP contribution in [-0.2, 0) is 4.79 Å². The summed E-state index contributed by atoms with van der Waals surface area (Å²) in [5.41, 5.74) is 0. The Morgan fingerprint density at radius 3 is 2.29 bits per heavy atom. The quantitative estimate of drug-likeness (QED) is 0.514. The number of carbonyl (C=O) groups is 1. The van der Waals surface area contributed by atoms with Crippen LogP contribution in [0.15, 0.2) is 0 Å². The highest BCUT2D eigenvalue weighted by Gasteiger charge is 2.19. The van der Waals surface area contributed by atoms with Crippen LogP contribution >= 0.6 is 0 Å². The lowest BCUT2D eigenvalue weighted by Gasteiger charge is -2.24. The number of rotatable bonds is 8. The summed E-state index contributed by atoms with van der Waals surface area (Å²) in [6.45, 7) is 8.27. The normalized spacial score (nSPS) is 15.4. The SMILES string of the molecule is CCCC(C)C(C)C(=O)NCCC[N+](C)(C)C. The predicted octanol–water partition coefficient (Wildman–Crippen LogP) is 2.27. The molecule has 0 aromatic rings. The molecule has 0 fully saturated rings. The highest BCUT2D eigenvalue weighted by Crippen LogP contribution is 2.16. The molecule has 0 aromatic carbocycles. The van der Waals surface area contributed by atoms with Crippen LogP contribution < -0.4 is 5.32 Å². The van der Waals surface area contributed by atoms with Gasteiger partial charge < -0.3 is 9.80 Å². The van der Waals surface area contributed by atoms with E-state index in [2.05, 4.69) is 40.3 Å². The highest BCUT2D eigenvalue weighted by atomic mass is 16.1. The maximum absolute atomic E-state index is 11.9. The molecule has 1 N–H and O–H groups in total. The Hall–Kier alpha value is -0.570. The first-order chi connectivity index (χ1) is 7.78. The Balaban J connectivity index is 3.78. The summed E-state index contributed by atoms with van der Waals surface area (Å²) in [5.74, 6) is 0.838. The summed E-state index contributed by atoms with van der Waals surface area (Å²) < 4.78 is 0.956. The number of amides is 1. The molecule has 0 saturated heterocycles. The van der Waals surface area contributed by atoms with Gasteiger partial charge >= 0.3 is 0 Å². The van der Waals surface area contributed by atoms with Gasteiger partial charge in [-0.3, -0.25) is 4.79 Å². The van der Waals surface area contributed by atoms with E-state index in [4.69, 9.17) is 0 Å². The van der Waals surface area contributed by atoms with E-state index < -0.39 is 0 Å². The lowest BCUT2D eigenvalue weighted by atomic mass is 9.91. The summed E-state index contributed by atoms with van der Waals surface area (Å²) in [5, 5.41) is 3.05. The van der Waals surface area contributed by atoms with Gasteiger partial charge in [-0.2, -0.15) is 0 Å². The van der Waals surface area contributed by atoms with E-state index in [1.807, 2.05) is 6.92 Å². The first-order valence-corrected chi connectivity index (χ1v) is 6.86. The molecule has 3 nitrogen and oxygen atoms in total. The van der Waals surface area contributed by atoms with Crippen molar-refractivity contribution in [3.63, 3.8) is 0 Å². The van der Waals surface area contributed by atoms with Gasteiger partial charge in [-0.15, -0.1) is 0 Å². The Morgan fingerprint density at radius 1 is 1.24 bits per heavy atom. The molecule has 0 spiro atoms. The van der Waals surface area contributed by atoms with Crippen LogP contribution in [0.2, 0.25) is 0 Å². The van der Waals surface area contributed by atoms with Gasteiger partial charge in [0.2, 0.25) is 5.91 Å². The molecule has 102 valence electrons. The van der Waals surface area contributed by atoms with Crippen molar-refractivity contribution >= 4 is 5.91 Å². The average molecular weight is 243 g/mol. The van der Waals surface area contributed by atoms with Crippen LogP contribution in [0.3, 0.4) is 0 Å². The summed E-state index contributed by atoms with van der Waals surface area (Å²) in [4.78, 5) is 11.9. The second-order valence-electron chi connectivity index (χ2n) is 6.21. The molecule has 0 aromatic heterocycles. The number of quaternary nitrogens is 1. The van der Waals surface area contributed by atoms with Gasteiger partial charge in [0.05, 0.1) is 27.7 Å². The van der Waals surface area contributed by atoms with Gasteiger partial charge in [0.1, 0.15) is 0 Å². The van der Waals surface area contributed by atoms with E-state index in [-0.39, 0.29) is 11.8 Å². The molecule has 0 radical (unpaired) electrons. The van der Waals surface area contributed by atoms with Crippen molar-refractivity contribution in [1.82, 2.24) is 5.32 Å². The Morgan fingerprint density at radius 2 is 1.82 bits per heavy atom. The predicted molar refractivity (Wildman–Crippen MR) is 73.8 cm³/mol. The molecule has 3 heteroatoms. The Bertz CT molecular complexity index is 221. The molecule has 0 aliphatic heterocycles. The van der Waals surface area contributed by atoms with E-state index in [9.17, 15) is 4.79 Å². The van der Waals surface area contributed by atoms with Crippen LogP contribution in [0.4, 0.5) is 0 Å². The van der Waals surface area contributed by atoms with E-state index in [0.717, 1.165) is 36.8 Å². The molecule has 1 amide bonds. The van der Waals surface area contributed by atoms with Crippen LogP contribution in [0, 0.1) is 11.8 Å². The van der Waals surface area contributed by atoms with Gasteiger partial charge in [0.25, 0.3) is 0 Å². The smallest absolute Gasteiger partial charge is 0.223 e. The summed E-state index contributed by atoms with van der Waals surface area (Å²) in [7, 11) is 6.52. The lowest BCUT2D eigenvalue weighted by molar-refractivity contribution is -0.870. The molecule has 2 atom stereocenters. The minimum Gasteiger partial charge on any atom is -0.356 e. The monoisotopic (exact) mass is 243 g/mol. The Kier molecular flexibility index (Phi) is 7.44. The topological polar surface area (TPSA) is 29.1 Å². The molecular formula is C14H31N2O+. The second kappa shape index (κ2) is 7.70. The zero-order valence-corrected chi connectivity index (χ0v) is 12.5. The first-order valence-electron chi connectivity index (χ1n) is 6.86. The first kappa shape index (κ1) is 16.4. The molecule has 2 unspecified atom stereocenters. The van der Waals surface area contributed by atoms with Crippen molar-refractivity contribution in [2.45, 2.75) is 40.0 Å². The molecule has 0 saturated carbocycles. The van der Waals surface area contributed by atoms with Gasteiger partial charge in [0.15, 0.2) is 0 Å². The third-order valence-corrected chi connectivity index (χ3v) is 3.32. The minimum atomic E-state index is 0.138. The maximum atomic E-state index is 11.9. The van der Waals surface area contributed by atoms with E-state index in [1.165, 1.54) is 0 Å². The molecule has 17 heavy (non-hydrogen) atoms. The number of nitrogens with zero attached hydrogens (tertiary/aromatic N) is 1. The van der Waals surface area contributed by atoms with E-state index >= 15 is 0 Å². The lowest BCUT2D eigenvalue weighted by Crippen LogP contribution is -2.38. The zero-order chi connectivity index (χ0) is 13.5. The fourth-order valence-electron chi connectivity index (χ4n) is 1.89. The van der Waals surface area contributed by atoms with Gasteiger partial charge in [-0.25, -0.2) is 0 Å². The minimum absolute atomic E-state index is 0.138. The fraction of sp³-hybridized carbons (Fsp3) is 0.929. The van der Waals surface area contributed by atoms with Gasteiger partial charge in [0, 0.05) is 18.9 Å². The van der Waals surface area contributed by atoms with Crippen molar-refractivity contribution in [3.8, 4) is 0 Å². The number of hydrogen-bond acceptors (Lipinski definition) is 1. The van der Waals surface area contributed by atoms with Crippen LogP contribution in [0.1, 0.15) is 40.0 Å². The van der Waals surface area contributed by atoms with E-state index in [1.54, 1.807) is 0 Å². The van der Waals surface area contributed by atoms with Crippen molar-refractivity contribution in [2.75, 3.05) is 34.2 Å². The molecule has 0 aliphatic rings. The fourth-order valence-corrected chi connectivity index (χ4v) is 1.89. The standard InChI is InChI=1S/C14H30N2O/c1-7-9-12(2)13(3)14(17)15-10-8-11-16(4,5)6/h12-13H,7-11H2,1-6H3/p+1. The zero-order valence-electron chi connectivity index (χ0n) is 12.5. The maximum Gasteiger partial charge on any atom is 0.223 e. The second-order valence-corrected chi connectivity index (χ2v) is 6.21. The van der Waals surface area contributed by atoms with E-state index in [0.29, 0.717) is 5.92 Å². The molecular weight excluding hydrogens is 212 g/mol. The van der Waals surface area contributed by atoms with Crippen LogP contribution in [0.25, 0.3) is 0 Å². The van der Waals surface area contributed by atoms with Crippen molar-refractivity contribution in [2.24, 2.45) is 11.8 Å². The number of hydrogen-bond donors (Lipinski definition) is 1. The molecule has 0 rings (SSSR count).